The highest BCUT2D eigenvalue weighted by Crippen LogP contribution is 2.29. The second-order valence-corrected chi connectivity index (χ2v) is 11.0. The zero-order valence-electron chi connectivity index (χ0n) is 22.1. The zero-order valence-corrected chi connectivity index (χ0v) is 22.9. The molecule has 1 saturated carbocycles. The summed E-state index contributed by atoms with van der Waals surface area (Å²) in [5, 5.41) is 18.1. The Hall–Kier alpha value is -1.10. The number of rotatable bonds is 15. The van der Waals surface area contributed by atoms with Gasteiger partial charge in [0.05, 0.1) is 6.10 Å². The summed E-state index contributed by atoms with van der Waals surface area (Å²) in [7, 11) is 0. The first-order valence-electron chi connectivity index (χ1n) is 13.6. The maximum absolute atomic E-state index is 13.0. The number of halogens is 1. The molecule has 1 aliphatic rings. The summed E-state index contributed by atoms with van der Waals surface area (Å²) in [5.41, 5.74) is 1.23. The Kier molecular flexibility index (Phi) is 15.8. The number of carbonyl (C=O) groups is 1. The highest BCUT2D eigenvalue weighted by Gasteiger charge is 2.30. The van der Waals surface area contributed by atoms with E-state index in [-0.39, 0.29) is 36.2 Å². The highest BCUT2D eigenvalue weighted by atomic mass is 35.5. The van der Waals surface area contributed by atoms with Gasteiger partial charge in [-0.3, -0.25) is 4.79 Å². The Morgan fingerprint density at radius 3 is 2.32 bits per heavy atom. The van der Waals surface area contributed by atoms with Crippen molar-refractivity contribution in [2.45, 2.75) is 104 Å². The van der Waals surface area contributed by atoms with Crippen molar-refractivity contribution in [1.82, 2.24) is 10.6 Å². The molecule has 0 aromatic heterocycles. The second kappa shape index (κ2) is 17.3. The summed E-state index contributed by atoms with van der Waals surface area (Å²) in [5.74, 6) is 1.53. The molecule has 3 unspecified atom stereocenters. The number of aliphatic hydroxyl groups is 1. The SMILES string of the molecule is CC(C)CCCNC(CC1CCCCC1)C(O)CC(C(=O)NCCc1ccccc1)C(C)C.Cl. The van der Waals surface area contributed by atoms with Crippen molar-refractivity contribution in [1.29, 1.82) is 0 Å². The van der Waals surface area contributed by atoms with E-state index in [2.05, 4.69) is 50.5 Å². The van der Waals surface area contributed by atoms with Crippen LogP contribution in [0.5, 0.6) is 0 Å². The number of benzene rings is 1. The van der Waals surface area contributed by atoms with Crippen molar-refractivity contribution in [2.75, 3.05) is 13.1 Å². The van der Waals surface area contributed by atoms with E-state index < -0.39 is 6.10 Å². The fourth-order valence-electron chi connectivity index (χ4n) is 5.17. The van der Waals surface area contributed by atoms with Crippen LogP contribution in [0.4, 0.5) is 0 Å². The first kappa shape index (κ1) is 30.9. The van der Waals surface area contributed by atoms with Crippen molar-refractivity contribution in [3.63, 3.8) is 0 Å². The maximum atomic E-state index is 13.0. The third-order valence-electron chi connectivity index (χ3n) is 7.33. The monoisotopic (exact) mass is 494 g/mol. The average molecular weight is 495 g/mol. The molecule has 0 spiro atoms. The molecule has 1 aromatic carbocycles. The van der Waals surface area contributed by atoms with Gasteiger partial charge in [-0.05, 0) is 62.0 Å². The van der Waals surface area contributed by atoms with E-state index in [9.17, 15) is 9.90 Å². The van der Waals surface area contributed by atoms with E-state index in [4.69, 9.17) is 0 Å². The summed E-state index contributed by atoms with van der Waals surface area (Å²) in [6, 6.07) is 10.3. The van der Waals surface area contributed by atoms with Gasteiger partial charge in [0.1, 0.15) is 0 Å². The fraction of sp³-hybridized carbons (Fsp3) is 0.759. The summed E-state index contributed by atoms with van der Waals surface area (Å²) in [6.45, 7) is 10.3. The smallest absolute Gasteiger partial charge is 0.223 e. The Morgan fingerprint density at radius 2 is 1.71 bits per heavy atom. The minimum atomic E-state index is -0.488. The normalized spacial score (nSPS) is 17.3. The first-order valence-corrected chi connectivity index (χ1v) is 13.6. The van der Waals surface area contributed by atoms with Crippen LogP contribution in [0, 0.1) is 23.7 Å². The van der Waals surface area contributed by atoms with Crippen LogP contribution in [0.15, 0.2) is 30.3 Å². The standard InChI is InChI=1S/C29H50N2O2.ClH/c1-22(2)12-11-18-30-27(20-25-15-9-6-10-16-25)28(32)21-26(23(3)4)29(33)31-19-17-24-13-7-5-8-14-24;/h5,7-8,13-14,22-23,25-28,30,32H,6,9-12,15-21H2,1-4H3,(H,31,33);1H. The molecule has 0 heterocycles. The van der Waals surface area contributed by atoms with Gasteiger partial charge in [0.15, 0.2) is 0 Å². The molecule has 0 radical (unpaired) electrons. The molecule has 1 aliphatic carbocycles. The number of aliphatic hydroxyl groups excluding tert-OH is 1. The number of nitrogens with one attached hydrogen (secondary N) is 2. The van der Waals surface area contributed by atoms with Gasteiger partial charge in [0.25, 0.3) is 0 Å². The van der Waals surface area contributed by atoms with Crippen molar-refractivity contribution in [3.8, 4) is 0 Å². The van der Waals surface area contributed by atoms with Crippen molar-refractivity contribution in [2.24, 2.45) is 23.7 Å². The molecular weight excluding hydrogens is 444 g/mol. The molecule has 3 atom stereocenters. The van der Waals surface area contributed by atoms with Crippen LogP contribution in [0.1, 0.15) is 91.0 Å². The topological polar surface area (TPSA) is 61.4 Å². The van der Waals surface area contributed by atoms with Gasteiger partial charge >= 0.3 is 0 Å². The number of carbonyl (C=O) groups excluding carboxylic acids is 1. The minimum Gasteiger partial charge on any atom is -0.391 e. The molecule has 34 heavy (non-hydrogen) atoms. The van der Waals surface area contributed by atoms with Crippen LogP contribution in [0.3, 0.4) is 0 Å². The van der Waals surface area contributed by atoms with Crippen molar-refractivity contribution >= 4 is 18.3 Å². The molecule has 3 N–H and O–H groups in total. The van der Waals surface area contributed by atoms with Crippen LogP contribution in [-0.4, -0.2) is 36.2 Å². The third kappa shape index (κ3) is 12.0. The second-order valence-electron chi connectivity index (χ2n) is 11.0. The molecule has 1 amide bonds. The van der Waals surface area contributed by atoms with Gasteiger partial charge in [-0.1, -0.05) is 90.1 Å². The van der Waals surface area contributed by atoms with Crippen LogP contribution in [0.25, 0.3) is 0 Å². The molecule has 0 bridgehead atoms. The minimum absolute atomic E-state index is 0. The number of hydrogen-bond acceptors (Lipinski definition) is 3. The molecule has 0 saturated heterocycles. The lowest BCUT2D eigenvalue weighted by atomic mass is 9.81. The van der Waals surface area contributed by atoms with E-state index in [1.165, 1.54) is 44.1 Å². The van der Waals surface area contributed by atoms with E-state index in [0.29, 0.717) is 24.8 Å². The number of amides is 1. The van der Waals surface area contributed by atoms with Gasteiger partial charge in [-0.15, -0.1) is 12.4 Å². The summed E-state index contributed by atoms with van der Waals surface area (Å²) in [4.78, 5) is 13.0. The van der Waals surface area contributed by atoms with Crippen LogP contribution >= 0.6 is 12.4 Å². The molecular formula is C29H51ClN2O2. The molecule has 5 heteroatoms. The maximum Gasteiger partial charge on any atom is 0.223 e. The van der Waals surface area contributed by atoms with Crippen molar-refractivity contribution < 1.29 is 9.90 Å². The molecule has 196 valence electrons. The summed E-state index contributed by atoms with van der Waals surface area (Å²) >= 11 is 0. The Bertz CT molecular complexity index is 647. The van der Waals surface area contributed by atoms with Gasteiger partial charge in [0.2, 0.25) is 5.91 Å². The summed E-state index contributed by atoms with van der Waals surface area (Å²) in [6.07, 6.45) is 10.8. The molecule has 0 aliphatic heterocycles. The highest BCUT2D eigenvalue weighted by molar-refractivity contribution is 5.85. The van der Waals surface area contributed by atoms with Crippen LogP contribution in [-0.2, 0) is 11.2 Å². The van der Waals surface area contributed by atoms with Gasteiger partial charge in [0, 0.05) is 18.5 Å². The lowest BCUT2D eigenvalue weighted by Gasteiger charge is -2.32. The molecule has 2 rings (SSSR count). The van der Waals surface area contributed by atoms with E-state index in [0.717, 1.165) is 25.8 Å². The van der Waals surface area contributed by atoms with Crippen LogP contribution in [0.2, 0.25) is 0 Å². The Balaban J connectivity index is 0.00000578. The largest absolute Gasteiger partial charge is 0.391 e. The van der Waals surface area contributed by atoms with Gasteiger partial charge < -0.3 is 15.7 Å². The van der Waals surface area contributed by atoms with Gasteiger partial charge in [-0.25, -0.2) is 0 Å². The quantitative estimate of drug-likeness (QED) is 0.256. The summed E-state index contributed by atoms with van der Waals surface area (Å²) < 4.78 is 0. The molecule has 1 aromatic rings. The van der Waals surface area contributed by atoms with E-state index in [1.54, 1.807) is 0 Å². The first-order chi connectivity index (χ1) is 15.9. The predicted molar refractivity (Wildman–Crippen MR) is 146 cm³/mol. The molecule has 4 nitrogen and oxygen atoms in total. The average Bonchev–Trinajstić information content (AvgIpc) is 2.80. The third-order valence-corrected chi connectivity index (χ3v) is 7.33. The molecule has 1 fully saturated rings. The Morgan fingerprint density at radius 1 is 1.03 bits per heavy atom. The van der Waals surface area contributed by atoms with Crippen LogP contribution < -0.4 is 10.6 Å². The Labute approximate surface area is 215 Å². The lowest BCUT2D eigenvalue weighted by Crippen LogP contribution is -2.45. The number of hydrogen-bond donors (Lipinski definition) is 3. The fourth-order valence-corrected chi connectivity index (χ4v) is 5.17. The zero-order chi connectivity index (χ0) is 24.1. The van der Waals surface area contributed by atoms with Crippen molar-refractivity contribution in [3.05, 3.63) is 35.9 Å². The van der Waals surface area contributed by atoms with Gasteiger partial charge in [-0.2, -0.15) is 0 Å². The van der Waals surface area contributed by atoms with E-state index in [1.807, 2.05) is 18.2 Å². The lowest BCUT2D eigenvalue weighted by molar-refractivity contribution is -0.127. The predicted octanol–water partition coefficient (Wildman–Crippen LogP) is 6.16. The van der Waals surface area contributed by atoms with E-state index >= 15 is 0 Å².